The van der Waals surface area contributed by atoms with E-state index >= 15 is 0 Å². The molecule has 0 saturated heterocycles. The molecule has 2 N–H and O–H groups in total. The number of H-pyrrole nitrogens is 1. The number of rotatable bonds is 4. The summed E-state index contributed by atoms with van der Waals surface area (Å²) in [6, 6.07) is 17.2. The number of benzene rings is 3. The predicted molar refractivity (Wildman–Crippen MR) is 109 cm³/mol. The van der Waals surface area contributed by atoms with Crippen molar-refractivity contribution in [3.05, 3.63) is 64.6 Å². The number of fused-ring (bicyclic) bond motifs is 2. The van der Waals surface area contributed by atoms with Gasteiger partial charge in [-0.2, -0.15) is 0 Å². The molecule has 130 valence electrons. The third-order valence-electron chi connectivity index (χ3n) is 3.87. The minimum absolute atomic E-state index is 0.140. The summed E-state index contributed by atoms with van der Waals surface area (Å²) in [5.74, 6) is 0.0959. The normalized spacial score (nSPS) is 11.2. The summed E-state index contributed by atoms with van der Waals surface area (Å²) in [5, 5.41) is 6.65. The maximum Gasteiger partial charge on any atom is 0.234 e. The SMILES string of the molecule is O=C(CSc1nc2cc3ccccc3cc2[nH]1)Nc1ccc(Cl)c(Cl)c1. The van der Waals surface area contributed by atoms with Crippen LogP contribution in [0.4, 0.5) is 5.69 Å². The predicted octanol–water partition coefficient (Wildman–Crippen LogP) is 5.75. The second-order valence-corrected chi connectivity index (χ2v) is 7.50. The smallest absolute Gasteiger partial charge is 0.234 e. The molecule has 7 heteroatoms. The highest BCUT2D eigenvalue weighted by Crippen LogP contribution is 2.26. The van der Waals surface area contributed by atoms with Crippen molar-refractivity contribution < 1.29 is 4.79 Å². The van der Waals surface area contributed by atoms with E-state index in [-0.39, 0.29) is 11.7 Å². The number of aromatic nitrogens is 2. The van der Waals surface area contributed by atoms with E-state index in [0.29, 0.717) is 20.9 Å². The summed E-state index contributed by atoms with van der Waals surface area (Å²) in [4.78, 5) is 20.0. The lowest BCUT2D eigenvalue weighted by Crippen LogP contribution is -2.14. The first kappa shape index (κ1) is 17.2. The Morgan fingerprint density at radius 1 is 1.04 bits per heavy atom. The zero-order valence-electron chi connectivity index (χ0n) is 13.4. The van der Waals surface area contributed by atoms with E-state index in [1.165, 1.54) is 11.8 Å². The maximum atomic E-state index is 12.1. The topological polar surface area (TPSA) is 57.8 Å². The van der Waals surface area contributed by atoms with Crippen molar-refractivity contribution in [3.8, 4) is 0 Å². The van der Waals surface area contributed by atoms with Crippen LogP contribution in [0, 0.1) is 0 Å². The van der Waals surface area contributed by atoms with E-state index in [2.05, 4.69) is 33.5 Å². The van der Waals surface area contributed by atoms with Gasteiger partial charge in [-0.15, -0.1) is 0 Å². The second-order valence-electron chi connectivity index (χ2n) is 5.72. The molecule has 3 aromatic carbocycles. The number of nitrogens with zero attached hydrogens (tertiary/aromatic N) is 1. The minimum Gasteiger partial charge on any atom is -0.333 e. The molecular weight excluding hydrogens is 389 g/mol. The summed E-state index contributed by atoms with van der Waals surface area (Å²) >= 11 is 13.2. The number of anilines is 1. The van der Waals surface area contributed by atoms with Crippen LogP contribution in [0.25, 0.3) is 21.8 Å². The van der Waals surface area contributed by atoms with Gasteiger partial charge in [0.25, 0.3) is 0 Å². The van der Waals surface area contributed by atoms with Gasteiger partial charge in [0.05, 0.1) is 26.8 Å². The van der Waals surface area contributed by atoms with Crippen molar-refractivity contribution >= 4 is 68.4 Å². The van der Waals surface area contributed by atoms with Gasteiger partial charge in [-0.25, -0.2) is 4.98 Å². The number of carbonyl (C=O) groups excluding carboxylic acids is 1. The Kier molecular flexibility index (Phi) is 4.76. The summed E-state index contributed by atoms with van der Waals surface area (Å²) in [6.07, 6.45) is 0. The Labute approximate surface area is 163 Å². The first-order valence-corrected chi connectivity index (χ1v) is 9.59. The Hall–Kier alpha value is -2.21. The molecule has 4 aromatic rings. The van der Waals surface area contributed by atoms with E-state index in [9.17, 15) is 4.79 Å². The molecule has 4 rings (SSSR count). The van der Waals surface area contributed by atoms with Crippen LogP contribution in [-0.2, 0) is 4.79 Å². The van der Waals surface area contributed by atoms with Gasteiger partial charge < -0.3 is 10.3 Å². The molecule has 1 heterocycles. The third-order valence-corrected chi connectivity index (χ3v) is 5.48. The van der Waals surface area contributed by atoms with Crippen molar-refractivity contribution in [2.75, 3.05) is 11.1 Å². The van der Waals surface area contributed by atoms with E-state index in [1.54, 1.807) is 18.2 Å². The molecule has 0 unspecified atom stereocenters. The third kappa shape index (κ3) is 3.65. The Morgan fingerprint density at radius 2 is 1.81 bits per heavy atom. The van der Waals surface area contributed by atoms with Crippen LogP contribution < -0.4 is 5.32 Å². The van der Waals surface area contributed by atoms with Crippen molar-refractivity contribution in [2.45, 2.75) is 5.16 Å². The Balaban J connectivity index is 1.46. The molecule has 0 aliphatic carbocycles. The maximum absolute atomic E-state index is 12.1. The molecule has 1 aromatic heterocycles. The molecule has 26 heavy (non-hydrogen) atoms. The van der Waals surface area contributed by atoms with Crippen LogP contribution in [0.3, 0.4) is 0 Å². The summed E-state index contributed by atoms with van der Waals surface area (Å²) < 4.78 is 0. The van der Waals surface area contributed by atoms with Crippen LogP contribution in [0.15, 0.2) is 59.8 Å². The zero-order valence-corrected chi connectivity index (χ0v) is 15.8. The Morgan fingerprint density at radius 3 is 2.58 bits per heavy atom. The monoisotopic (exact) mass is 401 g/mol. The van der Waals surface area contributed by atoms with Crippen LogP contribution >= 0.6 is 35.0 Å². The number of aromatic amines is 1. The van der Waals surface area contributed by atoms with E-state index < -0.39 is 0 Å². The lowest BCUT2D eigenvalue weighted by atomic mass is 10.1. The fourth-order valence-electron chi connectivity index (χ4n) is 2.65. The summed E-state index contributed by atoms with van der Waals surface area (Å²) in [5.41, 5.74) is 2.45. The number of hydrogen-bond donors (Lipinski definition) is 2. The molecule has 0 fully saturated rings. The lowest BCUT2D eigenvalue weighted by molar-refractivity contribution is -0.113. The van der Waals surface area contributed by atoms with Crippen molar-refractivity contribution in [1.82, 2.24) is 9.97 Å². The van der Waals surface area contributed by atoms with Crippen LogP contribution in [0.2, 0.25) is 10.0 Å². The van der Waals surface area contributed by atoms with Crippen molar-refractivity contribution in [3.63, 3.8) is 0 Å². The average Bonchev–Trinajstić information content (AvgIpc) is 3.03. The van der Waals surface area contributed by atoms with Crippen LogP contribution in [-0.4, -0.2) is 21.6 Å². The minimum atomic E-state index is -0.140. The van der Waals surface area contributed by atoms with Gasteiger partial charge in [-0.05, 0) is 41.1 Å². The number of nitrogens with one attached hydrogen (secondary N) is 2. The quantitative estimate of drug-likeness (QED) is 0.427. The van der Waals surface area contributed by atoms with Gasteiger partial charge in [0.1, 0.15) is 0 Å². The largest absolute Gasteiger partial charge is 0.333 e. The van der Waals surface area contributed by atoms with Gasteiger partial charge in [0.15, 0.2) is 5.16 Å². The van der Waals surface area contributed by atoms with Gasteiger partial charge in [-0.1, -0.05) is 59.2 Å². The van der Waals surface area contributed by atoms with Gasteiger partial charge in [-0.3, -0.25) is 4.79 Å². The Bertz CT molecular complexity index is 1070. The molecule has 0 spiro atoms. The molecule has 0 aliphatic rings. The van der Waals surface area contributed by atoms with E-state index in [4.69, 9.17) is 23.2 Å². The molecule has 0 atom stereocenters. The van der Waals surface area contributed by atoms with E-state index in [1.807, 2.05) is 18.2 Å². The van der Waals surface area contributed by atoms with Crippen LogP contribution in [0.1, 0.15) is 0 Å². The standard InChI is InChI=1S/C19H13Cl2N3OS/c20-14-6-5-13(9-15(14)21)22-18(25)10-26-19-23-16-7-11-3-1-2-4-12(11)8-17(16)24-19/h1-9H,10H2,(H,22,25)(H,23,24). The molecule has 0 bridgehead atoms. The number of halogens is 2. The summed E-state index contributed by atoms with van der Waals surface area (Å²) in [7, 11) is 0. The fourth-order valence-corrected chi connectivity index (χ4v) is 3.63. The van der Waals surface area contributed by atoms with Crippen LogP contribution in [0.5, 0.6) is 0 Å². The highest BCUT2D eigenvalue weighted by molar-refractivity contribution is 7.99. The van der Waals surface area contributed by atoms with Crippen molar-refractivity contribution in [2.24, 2.45) is 0 Å². The molecule has 1 amide bonds. The average molecular weight is 402 g/mol. The van der Waals surface area contributed by atoms with Gasteiger partial charge >= 0.3 is 0 Å². The number of imidazole rings is 1. The van der Waals surface area contributed by atoms with Gasteiger partial charge in [0.2, 0.25) is 5.91 Å². The molecular formula is C19H13Cl2N3OS. The lowest BCUT2D eigenvalue weighted by Gasteiger charge is -2.05. The zero-order chi connectivity index (χ0) is 18.1. The highest BCUT2D eigenvalue weighted by atomic mass is 35.5. The molecule has 0 aliphatic heterocycles. The molecule has 0 saturated carbocycles. The highest BCUT2D eigenvalue weighted by Gasteiger charge is 2.09. The second kappa shape index (κ2) is 7.19. The number of hydrogen-bond acceptors (Lipinski definition) is 3. The van der Waals surface area contributed by atoms with Crippen molar-refractivity contribution in [1.29, 1.82) is 0 Å². The number of amides is 1. The number of thioether (sulfide) groups is 1. The first-order chi connectivity index (χ1) is 12.6. The molecule has 0 radical (unpaired) electrons. The van der Waals surface area contributed by atoms with E-state index in [0.717, 1.165) is 21.8 Å². The van der Waals surface area contributed by atoms with Gasteiger partial charge in [0, 0.05) is 5.69 Å². The number of carbonyl (C=O) groups is 1. The first-order valence-electron chi connectivity index (χ1n) is 7.85. The molecule has 4 nitrogen and oxygen atoms in total. The fraction of sp³-hybridized carbons (Fsp3) is 0.0526. The summed E-state index contributed by atoms with van der Waals surface area (Å²) in [6.45, 7) is 0.